The molecule has 0 saturated heterocycles. The van der Waals surface area contributed by atoms with Crippen molar-refractivity contribution in [1.29, 1.82) is 0 Å². The van der Waals surface area contributed by atoms with Crippen LogP contribution in [-0.4, -0.2) is 19.2 Å². The second kappa shape index (κ2) is 6.75. The number of rotatable bonds is 5. The van der Waals surface area contributed by atoms with Crippen molar-refractivity contribution in [2.24, 2.45) is 0 Å². The number of carbonyl (C=O) groups excluding carboxylic acids is 1. The quantitative estimate of drug-likeness (QED) is 0.780. The van der Waals surface area contributed by atoms with E-state index in [1.807, 2.05) is 49.4 Å². The second-order valence-corrected chi connectivity index (χ2v) is 4.63. The van der Waals surface area contributed by atoms with Gasteiger partial charge in [-0.3, -0.25) is 0 Å². The molecule has 2 aromatic rings. The normalized spacial score (nSPS) is 11.7. The van der Waals surface area contributed by atoms with Crippen LogP contribution in [0.1, 0.15) is 22.8 Å². The Balaban J connectivity index is 1.91. The van der Waals surface area contributed by atoms with Crippen molar-refractivity contribution >= 4 is 5.97 Å². The lowest BCUT2D eigenvalue weighted by Crippen LogP contribution is -2.17. The summed E-state index contributed by atoms with van der Waals surface area (Å²) in [6.45, 7) is 1.89. The molecule has 0 spiro atoms. The minimum absolute atomic E-state index is 0.170. The maximum absolute atomic E-state index is 11.9. The fourth-order valence-corrected chi connectivity index (χ4v) is 1.96. The molecule has 0 aliphatic heterocycles. The summed E-state index contributed by atoms with van der Waals surface area (Å²) in [7, 11) is 1.64. The standard InChI is InChI=1S/C17H18O3/c1-13(12-14-8-10-16(19-2)11-9-14)20-17(18)15-6-4-3-5-7-15/h3-11,13H,12H2,1-2H3. The Morgan fingerprint density at radius 3 is 2.30 bits per heavy atom. The van der Waals surface area contributed by atoms with Gasteiger partial charge in [0, 0.05) is 6.42 Å². The Bertz CT molecular complexity index is 546. The number of methoxy groups -OCH3 is 1. The van der Waals surface area contributed by atoms with Gasteiger partial charge in [0.15, 0.2) is 0 Å². The molecule has 0 aliphatic carbocycles. The van der Waals surface area contributed by atoms with Crippen LogP contribution >= 0.6 is 0 Å². The van der Waals surface area contributed by atoms with Crippen LogP contribution in [0.3, 0.4) is 0 Å². The van der Waals surface area contributed by atoms with Gasteiger partial charge in [0.1, 0.15) is 11.9 Å². The molecule has 3 nitrogen and oxygen atoms in total. The zero-order valence-electron chi connectivity index (χ0n) is 11.7. The Morgan fingerprint density at radius 1 is 1.05 bits per heavy atom. The lowest BCUT2D eigenvalue weighted by Gasteiger charge is -2.13. The van der Waals surface area contributed by atoms with E-state index >= 15 is 0 Å². The van der Waals surface area contributed by atoms with Crippen LogP contribution in [0.5, 0.6) is 5.75 Å². The molecule has 20 heavy (non-hydrogen) atoms. The number of ether oxygens (including phenoxy) is 2. The van der Waals surface area contributed by atoms with E-state index in [9.17, 15) is 4.79 Å². The highest BCUT2D eigenvalue weighted by Crippen LogP contribution is 2.14. The Hall–Kier alpha value is -2.29. The van der Waals surface area contributed by atoms with Crippen molar-refractivity contribution in [2.45, 2.75) is 19.4 Å². The highest BCUT2D eigenvalue weighted by atomic mass is 16.5. The third-order valence-corrected chi connectivity index (χ3v) is 3.00. The molecule has 0 aromatic heterocycles. The van der Waals surface area contributed by atoms with E-state index in [2.05, 4.69) is 0 Å². The first kappa shape index (κ1) is 14.1. The van der Waals surface area contributed by atoms with Gasteiger partial charge in [0.2, 0.25) is 0 Å². The third kappa shape index (κ3) is 3.85. The summed E-state index contributed by atoms with van der Waals surface area (Å²) in [5.41, 5.74) is 1.69. The van der Waals surface area contributed by atoms with Crippen molar-refractivity contribution < 1.29 is 14.3 Å². The van der Waals surface area contributed by atoms with Gasteiger partial charge in [-0.15, -0.1) is 0 Å². The van der Waals surface area contributed by atoms with Gasteiger partial charge in [-0.25, -0.2) is 4.79 Å². The Kier molecular flexibility index (Phi) is 4.77. The Labute approximate surface area is 119 Å². The molecule has 0 amide bonds. The molecule has 0 aliphatic rings. The van der Waals surface area contributed by atoms with E-state index in [-0.39, 0.29) is 12.1 Å². The predicted molar refractivity (Wildman–Crippen MR) is 78.0 cm³/mol. The molecule has 0 N–H and O–H groups in total. The minimum Gasteiger partial charge on any atom is -0.497 e. The zero-order chi connectivity index (χ0) is 14.4. The number of esters is 1. The fraction of sp³-hybridized carbons (Fsp3) is 0.235. The summed E-state index contributed by atoms with van der Waals surface area (Å²) < 4.78 is 10.5. The van der Waals surface area contributed by atoms with Gasteiger partial charge in [0.05, 0.1) is 12.7 Å². The molecule has 1 atom stereocenters. The second-order valence-electron chi connectivity index (χ2n) is 4.63. The van der Waals surface area contributed by atoms with E-state index in [0.29, 0.717) is 12.0 Å². The average molecular weight is 270 g/mol. The topological polar surface area (TPSA) is 35.5 Å². The Morgan fingerprint density at radius 2 is 1.70 bits per heavy atom. The lowest BCUT2D eigenvalue weighted by molar-refractivity contribution is 0.0343. The van der Waals surface area contributed by atoms with Gasteiger partial charge < -0.3 is 9.47 Å². The summed E-state index contributed by atoms with van der Waals surface area (Å²) in [5.74, 6) is 0.536. The lowest BCUT2D eigenvalue weighted by atomic mass is 10.1. The van der Waals surface area contributed by atoms with E-state index < -0.39 is 0 Å². The van der Waals surface area contributed by atoms with Crippen molar-refractivity contribution in [1.82, 2.24) is 0 Å². The molecule has 2 rings (SSSR count). The van der Waals surface area contributed by atoms with Crippen molar-refractivity contribution in [3.8, 4) is 5.75 Å². The maximum Gasteiger partial charge on any atom is 0.338 e. The molecule has 1 unspecified atom stereocenters. The highest BCUT2D eigenvalue weighted by molar-refractivity contribution is 5.89. The van der Waals surface area contributed by atoms with E-state index in [1.165, 1.54) is 0 Å². The predicted octanol–water partition coefficient (Wildman–Crippen LogP) is 3.48. The van der Waals surface area contributed by atoms with Crippen LogP contribution in [0.4, 0.5) is 0 Å². The molecule has 0 heterocycles. The van der Waals surface area contributed by atoms with Gasteiger partial charge in [-0.1, -0.05) is 30.3 Å². The first-order chi connectivity index (χ1) is 9.69. The monoisotopic (exact) mass is 270 g/mol. The molecule has 2 aromatic carbocycles. The number of hydrogen-bond acceptors (Lipinski definition) is 3. The molecule has 0 bridgehead atoms. The zero-order valence-corrected chi connectivity index (χ0v) is 11.7. The summed E-state index contributed by atoms with van der Waals surface area (Å²) in [6, 6.07) is 16.8. The summed E-state index contributed by atoms with van der Waals surface area (Å²) in [5, 5.41) is 0. The van der Waals surface area contributed by atoms with E-state index in [4.69, 9.17) is 9.47 Å². The first-order valence-corrected chi connectivity index (χ1v) is 6.58. The van der Waals surface area contributed by atoms with E-state index in [1.54, 1.807) is 19.2 Å². The van der Waals surface area contributed by atoms with Gasteiger partial charge >= 0.3 is 5.97 Å². The maximum atomic E-state index is 11.9. The van der Waals surface area contributed by atoms with Crippen LogP contribution in [0.15, 0.2) is 54.6 Å². The minimum atomic E-state index is -0.286. The summed E-state index contributed by atoms with van der Waals surface area (Å²) in [4.78, 5) is 11.9. The van der Waals surface area contributed by atoms with E-state index in [0.717, 1.165) is 11.3 Å². The molecular weight excluding hydrogens is 252 g/mol. The molecule has 0 saturated carbocycles. The van der Waals surface area contributed by atoms with Crippen LogP contribution in [-0.2, 0) is 11.2 Å². The largest absolute Gasteiger partial charge is 0.497 e. The number of hydrogen-bond donors (Lipinski definition) is 0. The number of benzene rings is 2. The molecule has 0 radical (unpaired) electrons. The molecule has 0 fully saturated rings. The fourth-order valence-electron chi connectivity index (χ4n) is 1.96. The average Bonchev–Trinajstić information content (AvgIpc) is 2.49. The van der Waals surface area contributed by atoms with Crippen LogP contribution in [0.2, 0.25) is 0 Å². The SMILES string of the molecule is COc1ccc(CC(C)OC(=O)c2ccccc2)cc1. The van der Waals surface area contributed by atoms with Gasteiger partial charge in [0.25, 0.3) is 0 Å². The summed E-state index contributed by atoms with van der Waals surface area (Å²) in [6.07, 6.45) is 0.513. The van der Waals surface area contributed by atoms with Crippen molar-refractivity contribution in [3.63, 3.8) is 0 Å². The van der Waals surface area contributed by atoms with Gasteiger partial charge in [-0.2, -0.15) is 0 Å². The van der Waals surface area contributed by atoms with Crippen LogP contribution in [0.25, 0.3) is 0 Å². The number of carbonyl (C=O) groups is 1. The first-order valence-electron chi connectivity index (χ1n) is 6.58. The molecule has 104 valence electrons. The van der Waals surface area contributed by atoms with Crippen molar-refractivity contribution in [3.05, 3.63) is 65.7 Å². The van der Waals surface area contributed by atoms with Crippen molar-refractivity contribution in [2.75, 3.05) is 7.11 Å². The van der Waals surface area contributed by atoms with Gasteiger partial charge in [-0.05, 0) is 36.8 Å². The van der Waals surface area contributed by atoms with Crippen LogP contribution in [0, 0.1) is 0 Å². The van der Waals surface area contributed by atoms with Crippen LogP contribution < -0.4 is 4.74 Å². The summed E-state index contributed by atoms with van der Waals surface area (Å²) >= 11 is 0. The smallest absolute Gasteiger partial charge is 0.338 e. The molecular formula is C17H18O3. The highest BCUT2D eigenvalue weighted by Gasteiger charge is 2.12. The molecule has 3 heteroatoms. The third-order valence-electron chi connectivity index (χ3n) is 3.00.